The molecule has 0 amide bonds. The normalized spacial score (nSPS) is 21.3. The van der Waals surface area contributed by atoms with E-state index in [1.807, 2.05) is 17.1 Å². The van der Waals surface area contributed by atoms with E-state index in [-0.39, 0.29) is 53.8 Å². The van der Waals surface area contributed by atoms with E-state index in [4.69, 9.17) is 14.2 Å². The fraction of sp³-hybridized carbons (Fsp3) is 0.387. The number of rotatable bonds is 10. The second-order valence-corrected chi connectivity index (χ2v) is 12.1. The van der Waals surface area contributed by atoms with Crippen molar-refractivity contribution in [2.45, 2.75) is 45.9 Å². The summed E-state index contributed by atoms with van der Waals surface area (Å²) in [4.78, 5) is 12.2. The minimum atomic E-state index is -4.86. The zero-order valence-electron chi connectivity index (χ0n) is 22.5. The van der Waals surface area contributed by atoms with Crippen LogP contribution in [-0.2, 0) is 27.1 Å². The van der Waals surface area contributed by atoms with Crippen LogP contribution in [0.5, 0.6) is 5.75 Å². The Morgan fingerprint density at radius 1 is 1.05 bits per heavy atom. The van der Waals surface area contributed by atoms with E-state index in [2.05, 4.69) is 4.08 Å². The number of benzene rings is 2. The summed E-state index contributed by atoms with van der Waals surface area (Å²) in [6, 6.07) is 5.05. The van der Waals surface area contributed by atoms with E-state index in [9.17, 15) is 22.4 Å². The molecule has 0 bridgehead atoms. The van der Waals surface area contributed by atoms with Crippen LogP contribution in [0.1, 0.15) is 44.2 Å². The molecule has 2 fully saturated rings. The number of ether oxygens (including phenoxy) is 3. The van der Waals surface area contributed by atoms with Gasteiger partial charge < -0.3 is 0 Å². The van der Waals surface area contributed by atoms with Crippen LogP contribution in [0, 0.1) is 29.4 Å². The number of carbonyl (C=O) groups excluding carboxylic acids is 1. The molecule has 0 N–H and O–H groups in total. The zero-order valence-corrected chi connectivity index (χ0v) is 24.7. The quantitative estimate of drug-likeness (QED) is 0.154. The second kappa shape index (κ2) is 12.1. The fourth-order valence-electron chi connectivity index (χ4n) is 5.44. The van der Waals surface area contributed by atoms with Gasteiger partial charge in [-0.2, -0.15) is 0 Å². The summed E-state index contributed by atoms with van der Waals surface area (Å²) >= 11 is -0.534. The number of esters is 1. The number of hydrogen-bond donors (Lipinski definition) is 0. The summed E-state index contributed by atoms with van der Waals surface area (Å²) in [5, 5.41) is 0. The third-order valence-corrected chi connectivity index (χ3v) is 9.45. The van der Waals surface area contributed by atoms with Gasteiger partial charge in [0.1, 0.15) is 0 Å². The molecule has 220 valence electrons. The van der Waals surface area contributed by atoms with Gasteiger partial charge >= 0.3 is 220 Å². The molecular formula is C31H29F5IO4-. The Morgan fingerprint density at radius 2 is 1.85 bits per heavy atom. The van der Waals surface area contributed by atoms with Gasteiger partial charge in [-0.25, -0.2) is 0 Å². The number of unbranched alkanes of at least 4 members (excludes halogenated alkanes) is 1. The van der Waals surface area contributed by atoms with Crippen molar-refractivity contribution in [3.05, 3.63) is 84.2 Å². The Labute approximate surface area is 245 Å². The van der Waals surface area contributed by atoms with Gasteiger partial charge in [-0.3, -0.25) is 0 Å². The molecule has 2 saturated carbocycles. The molecule has 0 spiro atoms. The Kier molecular flexibility index (Phi) is 8.77. The van der Waals surface area contributed by atoms with E-state index in [0.717, 1.165) is 48.3 Å². The first-order chi connectivity index (χ1) is 19.6. The molecule has 2 aromatic carbocycles. The summed E-state index contributed by atoms with van der Waals surface area (Å²) in [6.45, 7) is 3.97. The second-order valence-electron chi connectivity index (χ2n) is 10.2. The molecule has 10 heteroatoms. The van der Waals surface area contributed by atoms with Crippen molar-refractivity contribution < 1.29 is 62.2 Å². The van der Waals surface area contributed by atoms with Crippen LogP contribution in [0.25, 0.3) is 11.1 Å². The Bertz CT molecular complexity index is 1430. The third kappa shape index (κ3) is 6.32. The van der Waals surface area contributed by atoms with Gasteiger partial charge in [-0.1, -0.05) is 13.3 Å². The van der Waals surface area contributed by atoms with Crippen LogP contribution in [0.15, 0.2) is 61.5 Å². The molecule has 1 heterocycles. The van der Waals surface area contributed by atoms with Gasteiger partial charge in [-0.05, 0) is 6.42 Å². The zero-order chi connectivity index (χ0) is 29.3. The van der Waals surface area contributed by atoms with Crippen LogP contribution in [0.3, 0.4) is 0 Å². The molecule has 0 aromatic heterocycles. The Morgan fingerprint density at radius 3 is 2.59 bits per heavy atom. The maximum atomic E-state index is 15.1. The van der Waals surface area contributed by atoms with Crippen molar-refractivity contribution in [1.29, 1.82) is 0 Å². The van der Waals surface area contributed by atoms with Crippen molar-refractivity contribution >= 4 is 5.97 Å². The molecule has 4 nitrogen and oxygen atoms in total. The molecule has 0 radical (unpaired) electrons. The van der Waals surface area contributed by atoms with Crippen LogP contribution < -0.4 is 25.9 Å². The summed E-state index contributed by atoms with van der Waals surface area (Å²) in [7, 11) is 0. The van der Waals surface area contributed by atoms with Gasteiger partial charge in [0, 0.05) is 0 Å². The molecular weight excluding hydrogens is 658 g/mol. The van der Waals surface area contributed by atoms with Gasteiger partial charge in [0.25, 0.3) is 0 Å². The van der Waals surface area contributed by atoms with Crippen LogP contribution in [-0.4, -0.2) is 19.2 Å². The number of fused-ring (bicyclic) bond motifs is 3. The van der Waals surface area contributed by atoms with Crippen LogP contribution in [0.4, 0.5) is 22.0 Å². The summed E-state index contributed by atoms with van der Waals surface area (Å²) in [6.07, 6.45) is -0.837. The molecule has 2 aliphatic carbocycles. The molecule has 0 unspecified atom stereocenters. The number of carbonyl (C=O) groups is 1. The number of alkyl halides is 3. The molecule has 0 saturated heterocycles. The SMILES string of the molecule is CCCCOc1cc(F)c(-c2ccc(F)c(COC3=C[I-]C=C4C(=C3)C[C@H]3[C@H](C(=O)OCC)[C@@H]43)c2)c(C(F)(F)F)c1. The summed E-state index contributed by atoms with van der Waals surface area (Å²) in [5.41, 5.74) is 0.268. The van der Waals surface area contributed by atoms with Crippen molar-refractivity contribution in [3.8, 4) is 16.9 Å². The summed E-state index contributed by atoms with van der Waals surface area (Å²) in [5.74, 6) is -1.29. The topological polar surface area (TPSA) is 44.8 Å². The standard InChI is InChI=1S/C31H29F5IO4/c1-3-5-8-40-20-12-24(31(34,35)36)27(26(33)13-20)17-6-7-25(32)19(9-17)16-41-21-10-18-11-22-28(23(18)15-37-14-21)29(22)30(38)39-4-2/h6-7,9-10,12-15,22,28-29H,3-5,8,11,16H2,1-2H3/q-1/t22-,28-,29+/m1/s1. The molecule has 5 rings (SSSR count). The average molecular weight is 687 g/mol. The molecule has 3 aliphatic rings. The number of hydrogen-bond acceptors (Lipinski definition) is 4. The Hall–Kier alpha value is -2.89. The van der Waals surface area contributed by atoms with Crippen molar-refractivity contribution in [1.82, 2.24) is 0 Å². The predicted octanol–water partition coefficient (Wildman–Crippen LogP) is 4.93. The first kappa shape index (κ1) is 29.6. The first-order valence-electron chi connectivity index (χ1n) is 13.5. The Balaban J connectivity index is 1.33. The molecule has 41 heavy (non-hydrogen) atoms. The maximum absolute atomic E-state index is 15.1. The molecule has 1 aliphatic heterocycles. The van der Waals surface area contributed by atoms with Gasteiger partial charge in [0.2, 0.25) is 0 Å². The third-order valence-electron chi connectivity index (χ3n) is 7.44. The van der Waals surface area contributed by atoms with Gasteiger partial charge in [0.05, 0.1) is 6.61 Å². The van der Waals surface area contributed by atoms with E-state index >= 15 is 4.39 Å². The van der Waals surface area contributed by atoms with E-state index in [0.29, 0.717) is 18.8 Å². The van der Waals surface area contributed by atoms with Crippen molar-refractivity contribution in [2.75, 3.05) is 13.2 Å². The monoisotopic (exact) mass is 687 g/mol. The van der Waals surface area contributed by atoms with Gasteiger partial charge in [0.15, 0.2) is 0 Å². The minimum absolute atomic E-state index is 0.00451. The first-order valence-corrected chi connectivity index (χ1v) is 16.0. The fourth-order valence-corrected chi connectivity index (χ4v) is 7.54. The van der Waals surface area contributed by atoms with Crippen molar-refractivity contribution in [2.24, 2.45) is 17.8 Å². The molecule has 3 atom stereocenters. The average Bonchev–Trinajstić information content (AvgIpc) is 3.58. The molecule has 2 aromatic rings. The van der Waals surface area contributed by atoms with Crippen LogP contribution >= 0.6 is 0 Å². The van der Waals surface area contributed by atoms with Crippen LogP contribution in [0.2, 0.25) is 0 Å². The summed E-state index contributed by atoms with van der Waals surface area (Å²) < 4.78 is 92.3. The van der Waals surface area contributed by atoms with E-state index < -0.39 is 50.1 Å². The predicted molar refractivity (Wildman–Crippen MR) is 138 cm³/mol. The number of halogens is 6. The van der Waals surface area contributed by atoms with Gasteiger partial charge in [-0.15, -0.1) is 0 Å². The number of allylic oxidation sites excluding steroid dienone is 3. The van der Waals surface area contributed by atoms with E-state index in [1.165, 1.54) is 6.07 Å². The van der Waals surface area contributed by atoms with E-state index in [1.54, 1.807) is 6.92 Å². The van der Waals surface area contributed by atoms with Crippen molar-refractivity contribution in [3.63, 3.8) is 0 Å².